The fraction of sp³-hybridized carbons (Fsp3) is 0.579. The molecule has 1 unspecified atom stereocenters. The first kappa shape index (κ1) is 17.0. The molecule has 2 aliphatic heterocycles. The molecule has 5 nitrogen and oxygen atoms in total. The Hall–Kier alpha value is -1.88. The van der Waals surface area contributed by atoms with E-state index < -0.39 is 0 Å². The van der Waals surface area contributed by atoms with E-state index in [1.165, 1.54) is 0 Å². The number of nitrogens with one attached hydrogen (secondary N) is 1. The number of rotatable bonds is 3. The third kappa shape index (κ3) is 3.78. The summed E-state index contributed by atoms with van der Waals surface area (Å²) in [6.45, 7) is 3.24. The Bertz CT molecular complexity index is 569. The third-order valence-electron chi connectivity index (χ3n) is 5.28. The summed E-state index contributed by atoms with van der Waals surface area (Å²) >= 11 is 0. The average molecular weight is 329 g/mol. The highest BCUT2D eigenvalue weighted by atomic mass is 16.2. The fourth-order valence-corrected chi connectivity index (χ4v) is 3.79. The van der Waals surface area contributed by atoms with Crippen LogP contribution in [0.25, 0.3) is 0 Å². The van der Waals surface area contributed by atoms with Crippen LogP contribution in [0.3, 0.4) is 0 Å². The van der Waals surface area contributed by atoms with E-state index in [1.807, 2.05) is 47.2 Å². The van der Waals surface area contributed by atoms with Gasteiger partial charge in [0.1, 0.15) is 0 Å². The van der Waals surface area contributed by atoms with Crippen molar-refractivity contribution in [2.45, 2.75) is 31.7 Å². The van der Waals surface area contributed by atoms with Crippen molar-refractivity contribution >= 4 is 11.8 Å². The Morgan fingerprint density at radius 3 is 2.54 bits per heavy atom. The normalized spacial score (nSPS) is 22.2. The van der Waals surface area contributed by atoms with Crippen molar-refractivity contribution in [1.82, 2.24) is 15.1 Å². The summed E-state index contributed by atoms with van der Waals surface area (Å²) in [5.41, 5.74) is 0.706. The number of piperidine rings is 2. The standard InChI is InChI=1S/C19H27N3O2/c1-21(17-9-11-20-12-10-17)18(23)16-8-5-13-22(14-16)19(24)15-6-3-2-4-7-15/h2-4,6-7,16-17,20H,5,8-14H2,1H3. The smallest absolute Gasteiger partial charge is 0.253 e. The predicted molar refractivity (Wildman–Crippen MR) is 93.7 cm³/mol. The van der Waals surface area contributed by atoms with Gasteiger partial charge in [-0.05, 0) is 50.9 Å². The molecule has 2 heterocycles. The highest BCUT2D eigenvalue weighted by Gasteiger charge is 2.32. The second-order valence-corrected chi connectivity index (χ2v) is 6.89. The van der Waals surface area contributed by atoms with Crippen LogP contribution in [0, 0.1) is 5.92 Å². The molecule has 3 rings (SSSR count). The second-order valence-electron chi connectivity index (χ2n) is 6.89. The van der Waals surface area contributed by atoms with E-state index in [4.69, 9.17) is 0 Å². The van der Waals surface area contributed by atoms with Crippen LogP contribution in [0.5, 0.6) is 0 Å². The first-order chi connectivity index (χ1) is 11.7. The number of carbonyl (C=O) groups excluding carboxylic acids is 2. The minimum absolute atomic E-state index is 0.0395. The SMILES string of the molecule is CN(C(=O)C1CCCN(C(=O)c2ccccc2)C1)C1CCNCC1. The second kappa shape index (κ2) is 7.79. The minimum atomic E-state index is -0.0636. The first-order valence-corrected chi connectivity index (χ1v) is 8.98. The van der Waals surface area contributed by atoms with Gasteiger partial charge in [0.15, 0.2) is 0 Å². The molecule has 0 aliphatic carbocycles. The van der Waals surface area contributed by atoms with Crippen molar-refractivity contribution in [3.05, 3.63) is 35.9 Å². The molecule has 1 aromatic carbocycles. The molecule has 1 N–H and O–H groups in total. The molecule has 2 fully saturated rings. The lowest BCUT2D eigenvalue weighted by molar-refractivity contribution is -0.138. The van der Waals surface area contributed by atoms with Gasteiger partial charge in [0.05, 0.1) is 5.92 Å². The number of hydrogen-bond donors (Lipinski definition) is 1. The Balaban J connectivity index is 1.62. The first-order valence-electron chi connectivity index (χ1n) is 8.98. The van der Waals surface area contributed by atoms with Crippen molar-refractivity contribution in [3.8, 4) is 0 Å². The summed E-state index contributed by atoms with van der Waals surface area (Å²) in [4.78, 5) is 29.3. The largest absolute Gasteiger partial charge is 0.342 e. The van der Waals surface area contributed by atoms with Crippen LogP contribution in [-0.2, 0) is 4.79 Å². The minimum Gasteiger partial charge on any atom is -0.342 e. The number of amides is 2. The van der Waals surface area contributed by atoms with Gasteiger partial charge in [-0.3, -0.25) is 9.59 Å². The molecular weight excluding hydrogens is 302 g/mol. The van der Waals surface area contributed by atoms with E-state index >= 15 is 0 Å². The summed E-state index contributed by atoms with van der Waals surface area (Å²) in [7, 11) is 1.93. The van der Waals surface area contributed by atoms with Gasteiger partial charge in [-0.2, -0.15) is 0 Å². The van der Waals surface area contributed by atoms with Gasteiger partial charge < -0.3 is 15.1 Å². The van der Waals surface area contributed by atoms with Crippen molar-refractivity contribution < 1.29 is 9.59 Å². The van der Waals surface area contributed by atoms with Gasteiger partial charge in [0.2, 0.25) is 5.91 Å². The van der Waals surface area contributed by atoms with Gasteiger partial charge in [-0.15, -0.1) is 0 Å². The quantitative estimate of drug-likeness (QED) is 0.919. The maximum absolute atomic E-state index is 12.9. The highest BCUT2D eigenvalue weighted by Crippen LogP contribution is 2.22. The molecule has 2 saturated heterocycles. The number of nitrogens with zero attached hydrogens (tertiary/aromatic N) is 2. The monoisotopic (exact) mass is 329 g/mol. The molecule has 0 aromatic heterocycles. The third-order valence-corrected chi connectivity index (χ3v) is 5.28. The lowest BCUT2D eigenvalue weighted by Gasteiger charge is -2.37. The molecule has 2 aliphatic rings. The van der Waals surface area contributed by atoms with Crippen molar-refractivity contribution in [2.75, 3.05) is 33.2 Å². The zero-order valence-corrected chi connectivity index (χ0v) is 14.4. The zero-order chi connectivity index (χ0) is 16.9. The van der Waals surface area contributed by atoms with E-state index in [0.717, 1.165) is 45.3 Å². The summed E-state index contributed by atoms with van der Waals surface area (Å²) < 4.78 is 0. The Labute approximate surface area is 144 Å². The fourth-order valence-electron chi connectivity index (χ4n) is 3.79. The number of carbonyl (C=O) groups is 2. The van der Waals surface area contributed by atoms with Crippen LogP contribution < -0.4 is 5.32 Å². The Morgan fingerprint density at radius 2 is 1.83 bits per heavy atom. The molecule has 1 atom stereocenters. The maximum atomic E-state index is 12.9. The van der Waals surface area contributed by atoms with E-state index in [1.54, 1.807) is 0 Å². The summed E-state index contributed by atoms with van der Waals surface area (Å²) in [6.07, 6.45) is 3.81. The predicted octanol–water partition coefficient (Wildman–Crippen LogP) is 1.75. The molecule has 130 valence electrons. The van der Waals surface area contributed by atoms with Crippen LogP contribution in [-0.4, -0.2) is 60.9 Å². The van der Waals surface area contributed by atoms with Crippen molar-refractivity contribution in [2.24, 2.45) is 5.92 Å². The Kier molecular flexibility index (Phi) is 5.51. The number of hydrogen-bond acceptors (Lipinski definition) is 3. The molecule has 1 aromatic rings. The lowest BCUT2D eigenvalue weighted by atomic mass is 9.94. The molecule has 2 amide bonds. The average Bonchev–Trinajstić information content (AvgIpc) is 2.67. The molecule has 24 heavy (non-hydrogen) atoms. The van der Waals surface area contributed by atoms with Crippen molar-refractivity contribution in [1.29, 1.82) is 0 Å². The van der Waals surface area contributed by atoms with Crippen LogP contribution in [0.2, 0.25) is 0 Å². The van der Waals surface area contributed by atoms with Crippen LogP contribution in [0.15, 0.2) is 30.3 Å². The van der Waals surface area contributed by atoms with Gasteiger partial charge in [-0.1, -0.05) is 18.2 Å². The van der Waals surface area contributed by atoms with E-state index in [9.17, 15) is 9.59 Å². The maximum Gasteiger partial charge on any atom is 0.253 e. The lowest BCUT2D eigenvalue weighted by Crippen LogP contribution is -2.50. The topological polar surface area (TPSA) is 52.7 Å². The van der Waals surface area contributed by atoms with Gasteiger partial charge >= 0.3 is 0 Å². The molecule has 0 radical (unpaired) electrons. The highest BCUT2D eigenvalue weighted by molar-refractivity contribution is 5.94. The molecule has 0 saturated carbocycles. The van der Waals surface area contributed by atoms with E-state index in [0.29, 0.717) is 18.2 Å². The molecule has 5 heteroatoms. The molecule has 0 bridgehead atoms. The number of likely N-dealkylation sites (tertiary alicyclic amines) is 1. The van der Waals surface area contributed by atoms with E-state index in [-0.39, 0.29) is 17.7 Å². The molecular formula is C19H27N3O2. The van der Waals surface area contributed by atoms with Crippen LogP contribution in [0.1, 0.15) is 36.0 Å². The van der Waals surface area contributed by atoms with Gasteiger partial charge in [0.25, 0.3) is 5.91 Å². The summed E-state index contributed by atoms with van der Waals surface area (Å²) in [5.74, 6) is 0.177. The summed E-state index contributed by atoms with van der Waals surface area (Å²) in [6, 6.07) is 9.69. The molecule has 0 spiro atoms. The van der Waals surface area contributed by atoms with Crippen molar-refractivity contribution in [3.63, 3.8) is 0 Å². The Morgan fingerprint density at radius 1 is 1.12 bits per heavy atom. The van der Waals surface area contributed by atoms with Gasteiger partial charge in [-0.25, -0.2) is 0 Å². The zero-order valence-electron chi connectivity index (χ0n) is 14.4. The van der Waals surface area contributed by atoms with E-state index in [2.05, 4.69) is 5.32 Å². The number of benzene rings is 1. The van der Waals surface area contributed by atoms with Gasteiger partial charge in [0, 0.05) is 31.7 Å². The summed E-state index contributed by atoms with van der Waals surface area (Å²) in [5, 5.41) is 3.34. The van der Waals surface area contributed by atoms with Crippen LogP contribution >= 0.6 is 0 Å². The van der Waals surface area contributed by atoms with Crippen LogP contribution in [0.4, 0.5) is 0 Å².